The first kappa shape index (κ1) is 23.9. The Bertz CT molecular complexity index is 960. The van der Waals surface area contributed by atoms with Gasteiger partial charge in [-0.1, -0.05) is 13.8 Å². The van der Waals surface area contributed by atoms with Gasteiger partial charge in [-0.25, -0.2) is 9.59 Å². The fourth-order valence-electron chi connectivity index (χ4n) is 8.86. The molecule has 0 aliphatic heterocycles. The van der Waals surface area contributed by atoms with E-state index in [1.54, 1.807) is 6.26 Å². The minimum atomic E-state index is -0.690. The third kappa shape index (κ3) is 3.62. The zero-order valence-corrected chi connectivity index (χ0v) is 20.5. The Kier molecular flexibility index (Phi) is 6.08. The number of rotatable bonds is 4. The molecule has 4 aliphatic carbocycles. The minimum absolute atomic E-state index is 0.0523. The van der Waals surface area contributed by atoms with Crippen LogP contribution < -0.4 is 16.3 Å². The molecule has 0 radical (unpaired) electrons. The molecule has 0 aromatic carbocycles. The largest absolute Gasteiger partial charge is 0.431 e. The van der Waals surface area contributed by atoms with E-state index in [2.05, 4.69) is 24.5 Å². The van der Waals surface area contributed by atoms with Crippen molar-refractivity contribution in [2.45, 2.75) is 89.2 Å². The lowest BCUT2D eigenvalue weighted by molar-refractivity contribution is -0.201. The SMILES string of the molecule is CC12CCC(NC(=O)NCCO)CC1CCC1C2CCC2(C)C(c3ccc(=O)oc3)CCC12O. The highest BCUT2D eigenvalue weighted by Crippen LogP contribution is 2.70. The molecule has 8 unspecified atom stereocenters. The smallest absolute Gasteiger partial charge is 0.335 e. The predicted octanol–water partition coefficient (Wildman–Crippen LogP) is 3.54. The van der Waals surface area contributed by atoms with Crippen molar-refractivity contribution in [2.75, 3.05) is 13.2 Å². The number of urea groups is 1. The van der Waals surface area contributed by atoms with Crippen LogP contribution in [0.15, 0.2) is 27.6 Å². The van der Waals surface area contributed by atoms with E-state index in [1.807, 2.05) is 6.07 Å². The lowest BCUT2D eigenvalue weighted by atomic mass is 9.43. The van der Waals surface area contributed by atoms with Crippen LogP contribution >= 0.6 is 0 Å². The predicted molar refractivity (Wildman–Crippen MR) is 128 cm³/mol. The second-order valence-electron chi connectivity index (χ2n) is 11.9. The maximum Gasteiger partial charge on any atom is 0.335 e. The first-order chi connectivity index (χ1) is 16.2. The van der Waals surface area contributed by atoms with Crippen molar-refractivity contribution >= 4 is 6.03 Å². The number of fused-ring (bicyclic) bond motifs is 5. The van der Waals surface area contributed by atoms with Crippen molar-refractivity contribution in [3.05, 3.63) is 34.4 Å². The lowest BCUT2D eigenvalue weighted by Crippen LogP contribution is -2.62. The summed E-state index contributed by atoms with van der Waals surface area (Å²) in [5, 5.41) is 27.1. The topological polar surface area (TPSA) is 112 Å². The highest BCUT2D eigenvalue weighted by Gasteiger charge is 2.67. The van der Waals surface area contributed by atoms with Gasteiger partial charge in [0.25, 0.3) is 0 Å². The molecule has 4 aliphatic rings. The normalized spacial score (nSPS) is 43.4. The number of nitrogens with one attached hydrogen (secondary N) is 2. The van der Waals surface area contributed by atoms with E-state index < -0.39 is 5.60 Å². The van der Waals surface area contributed by atoms with Crippen LogP contribution in [-0.4, -0.2) is 41.0 Å². The van der Waals surface area contributed by atoms with Gasteiger partial charge in [-0.2, -0.15) is 0 Å². The quantitative estimate of drug-likeness (QED) is 0.536. The van der Waals surface area contributed by atoms with Gasteiger partial charge in [-0.15, -0.1) is 0 Å². The lowest BCUT2D eigenvalue weighted by Gasteiger charge is -2.63. The van der Waals surface area contributed by atoms with Crippen molar-refractivity contribution < 1.29 is 19.4 Å². The Morgan fingerprint density at radius 1 is 1.09 bits per heavy atom. The van der Waals surface area contributed by atoms with Crippen molar-refractivity contribution in [3.8, 4) is 0 Å². The summed E-state index contributed by atoms with van der Waals surface area (Å²) in [4.78, 5) is 23.6. The molecule has 34 heavy (non-hydrogen) atoms. The maximum atomic E-state index is 12.3. The average Bonchev–Trinajstić information content (AvgIpc) is 3.10. The van der Waals surface area contributed by atoms with Crippen LogP contribution in [0, 0.1) is 28.6 Å². The van der Waals surface area contributed by atoms with E-state index in [0.717, 1.165) is 63.4 Å². The van der Waals surface area contributed by atoms with Gasteiger partial charge in [0.2, 0.25) is 0 Å². The molecule has 2 amide bonds. The van der Waals surface area contributed by atoms with Crippen LogP contribution in [0.5, 0.6) is 0 Å². The molecule has 7 heteroatoms. The summed E-state index contributed by atoms with van der Waals surface area (Å²) >= 11 is 0. The average molecular weight is 473 g/mol. The Morgan fingerprint density at radius 2 is 1.91 bits per heavy atom. The monoisotopic (exact) mass is 472 g/mol. The van der Waals surface area contributed by atoms with Crippen molar-refractivity contribution in [3.63, 3.8) is 0 Å². The third-order valence-corrected chi connectivity index (χ3v) is 10.7. The number of aliphatic hydroxyl groups excluding tert-OH is 1. The number of amides is 2. The van der Waals surface area contributed by atoms with Crippen LogP contribution in [-0.2, 0) is 0 Å². The van der Waals surface area contributed by atoms with E-state index in [1.165, 1.54) is 6.07 Å². The molecule has 1 aromatic heterocycles. The van der Waals surface area contributed by atoms with Crippen LogP contribution in [0.1, 0.15) is 83.1 Å². The molecule has 4 N–H and O–H groups in total. The second-order valence-corrected chi connectivity index (χ2v) is 11.9. The van der Waals surface area contributed by atoms with Gasteiger partial charge in [0.1, 0.15) is 0 Å². The van der Waals surface area contributed by atoms with E-state index in [0.29, 0.717) is 17.8 Å². The Morgan fingerprint density at radius 3 is 2.65 bits per heavy atom. The van der Waals surface area contributed by atoms with Crippen molar-refractivity contribution in [1.82, 2.24) is 10.6 Å². The summed E-state index contributed by atoms with van der Waals surface area (Å²) in [6, 6.07) is 3.38. The summed E-state index contributed by atoms with van der Waals surface area (Å²) in [5.74, 6) is 1.57. The number of aliphatic hydroxyl groups is 2. The van der Waals surface area contributed by atoms with E-state index in [-0.39, 0.29) is 47.6 Å². The molecule has 4 saturated carbocycles. The molecule has 4 fully saturated rings. The van der Waals surface area contributed by atoms with Gasteiger partial charge in [0.05, 0.1) is 18.5 Å². The number of hydrogen-bond acceptors (Lipinski definition) is 5. The van der Waals surface area contributed by atoms with Crippen LogP contribution in [0.25, 0.3) is 0 Å². The zero-order valence-electron chi connectivity index (χ0n) is 20.5. The Hall–Kier alpha value is -1.86. The fraction of sp³-hybridized carbons (Fsp3) is 0.778. The molecule has 0 bridgehead atoms. The van der Waals surface area contributed by atoms with Crippen molar-refractivity contribution in [1.29, 1.82) is 0 Å². The van der Waals surface area contributed by atoms with Gasteiger partial charge in [-0.05, 0) is 98.5 Å². The molecule has 0 spiro atoms. The first-order valence-electron chi connectivity index (χ1n) is 13.2. The summed E-state index contributed by atoms with van der Waals surface area (Å²) < 4.78 is 5.20. The molecule has 5 rings (SSSR count). The van der Waals surface area contributed by atoms with Gasteiger partial charge >= 0.3 is 11.7 Å². The van der Waals surface area contributed by atoms with Gasteiger partial charge in [0.15, 0.2) is 0 Å². The van der Waals surface area contributed by atoms with Crippen LogP contribution in [0.3, 0.4) is 0 Å². The van der Waals surface area contributed by atoms with Gasteiger partial charge in [-0.3, -0.25) is 0 Å². The van der Waals surface area contributed by atoms with E-state index >= 15 is 0 Å². The van der Waals surface area contributed by atoms with Gasteiger partial charge in [0, 0.05) is 24.1 Å². The number of hydrogen-bond donors (Lipinski definition) is 4. The second kappa shape index (κ2) is 8.66. The molecule has 188 valence electrons. The van der Waals surface area contributed by atoms with Crippen LogP contribution in [0.2, 0.25) is 0 Å². The summed E-state index contributed by atoms with van der Waals surface area (Å²) in [6.45, 7) is 4.94. The first-order valence-corrected chi connectivity index (χ1v) is 13.2. The van der Waals surface area contributed by atoms with Crippen molar-refractivity contribution in [2.24, 2.45) is 28.6 Å². The molecule has 1 aromatic rings. The standard InChI is InChI=1S/C27H40N2O5/c1-25-10-7-19(29-24(32)28-13-14-30)15-18(25)4-5-22-21(25)8-11-26(2)20(9-12-27(22,26)33)17-3-6-23(31)34-16-17/h3,6,16,18-22,30,33H,4-5,7-15H2,1-2H3,(H2,28,29,32). The fourth-order valence-corrected chi connectivity index (χ4v) is 8.86. The third-order valence-electron chi connectivity index (χ3n) is 10.7. The highest BCUT2D eigenvalue weighted by molar-refractivity contribution is 5.74. The summed E-state index contributed by atoms with van der Waals surface area (Å²) in [5.41, 5.74) is 0.0119. The molecule has 8 atom stereocenters. The molecule has 7 nitrogen and oxygen atoms in total. The van der Waals surface area contributed by atoms with Crippen LogP contribution in [0.4, 0.5) is 4.79 Å². The Balaban J connectivity index is 1.33. The molecular formula is C27H40N2O5. The van der Waals surface area contributed by atoms with Gasteiger partial charge < -0.3 is 25.3 Å². The molecule has 1 heterocycles. The summed E-state index contributed by atoms with van der Waals surface area (Å²) in [7, 11) is 0. The molecule has 0 saturated heterocycles. The molecular weight excluding hydrogens is 432 g/mol. The number of carbonyl (C=O) groups excluding carboxylic acids is 1. The maximum absolute atomic E-state index is 12.3. The highest BCUT2D eigenvalue weighted by atomic mass is 16.4. The number of carbonyl (C=O) groups is 1. The van der Waals surface area contributed by atoms with E-state index in [9.17, 15) is 14.7 Å². The summed E-state index contributed by atoms with van der Waals surface area (Å²) in [6.07, 6.45) is 10.6. The minimum Gasteiger partial charge on any atom is -0.431 e. The Labute approximate surface area is 201 Å². The van der Waals surface area contributed by atoms with E-state index in [4.69, 9.17) is 9.52 Å². The zero-order chi connectivity index (χ0) is 24.1.